The van der Waals surface area contributed by atoms with Gasteiger partial charge in [0, 0.05) is 0 Å². The highest BCUT2D eigenvalue weighted by atomic mass is 35.5. The van der Waals surface area contributed by atoms with Gasteiger partial charge in [-0.1, -0.05) is 43.1 Å². The van der Waals surface area contributed by atoms with Crippen LogP contribution in [0.4, 0.5) is 0 Å². The maximum Gasteiger partial charge on any atom is 0.102 e. The molecular weight excluding hydrogens is 143 g/mol. The first-order valence-corrected chi connectivity index (χ1v) is 3.39. The van der Waals surface area contributed by atoms with Crippen LogP contribution < -0.4 is 0 Å². The zero-order valence-electron chi connectivity index (χ0n) is 5.12. The van der Waals surface area contributed by atoms with Gasteiger partial charge >= 0.3 is 0 Å². The Bertz CT molecular complexity index is 80.5. The fourth-order valence-corrected chi connectivity index (χ4v) is 0.503. The molecule has 0 unspecified atom stereocenters. The predicted molar refractivity (Wildman–Crippen MR) is 39.2 cm³/mol. The Hall–Kier alpha value is 0.320. The summed E-state index contributed by atoms with van der Waals surface area (Å²) < 4.78 is 0.374. The molecule has 0 amide bonds. The van der Waals surface area contributed by atoms with Gasteiger partial charge in [0.15, 0.2) is 0 Å². The van der Waals surface area contributed by atoms with Gasteiger partial charge in [-0.15, -0.1) is 0 Å². The van der Waals surface area contributed by atoms with Crippen LogP contribution in [0, 0.1) is 5.92 Å². The van der Waals surface area contributed by atoms with E-state index in [0.717, 1.165) is 6.42 Å². The summed E-state index contributed by atoms with van der Waals surface area (Å²) in [5, 5.41) is 0. The van der Waals surface area contributed by atoms with Crippen molar-refractivity contribution < 1.29 is 0 Å². The van der Waals surface area contributed by atoms with E-state index in [1.165, 1.54) is 0 Å². The number of allylic oxidation sites excluding steroid dienone is 1. The molecule has 0 aromatic rings. The molecule has 0 heterocycles. The van der Waals surface area contributed by atoms with E-state index in [4.69, 9.17) is 23.2 Å². The van der Waals surface area contributed by atoms with Crippen molar-refractivity contribution in [3.05, 3.63) is 10.6 Å². The molecule has 48 valence electrons. The normalized spacial score (nSPS) is 9.62. The highest BCUT2D eigenvalue weighted by molar-refractivity contribution is 6.55. The van der Waals surface area contributed by atoms with Gasteiger partial charge < -0.3 is 0 Å². The van der Waals surface area contributed by atoms with Crippen LogP contribution in [0.25, 0.3) is 0 Å². The topological polar surface area (TPSA) is 0 Å². The Balaban J connectivity index is 3.29. The SMILES string of the molecule is CC(C)CC=C(Cl)Cl. The van der Waals surface area contributed by atoms with Gasteiger partial charge in [0.2, 0.25) is 0 Å². The first kappa shape index (κ1) is 8.32. The minimum atomic E-state index is 0.374. The van der Waals surface area contributed by atoms with Crippen molar-refractivity contribution in [2.24, 2.45) is 5.92 Å². The van der Waals surface area contributed by atoms with E-state index in [-0.39, 0.29) is 0 Å². The minimum absolute atomic E-state index is 0.374. The molecule has 0 atom stereocenters. The summed E-state index contributed by atoms with van der Waals surface area (Å²) in [6.07, 6.45) is 2.77. The zero-order valence-corrected chi connectivity index (χ0v) is 6.63. The Morgan fingerprint density at radius 2 is 2.00 bits per heavy atom. The molecule has 0 aromatic carbocycles. The molecule has 0 aliphatic heterocycles. The lowest BCUT2D eigenvalue weighted by molar-refractivity contribution is 0.664. The highest BCUT2D eigenvalue weighted by Gasteiger charge is 1.88. The smallest absolute Gasteiger partial charge is 0.0712 e. The van der Waals surface area contributed by atoms with E-state index in [1.54, 1.807) is 0 Å². The predicted octanol–water partition coefficient (Wildman–Crippen LogP) is 3.35. The molecule has 0 spiro atoms. The maximum atomic E-state index is 5.35. The lowest BCUT2D eigenvalue weighted by Crippen LogP contribution is -1.80. The third-order valence-electron chi connectivity index (χ3n) is 0.744. The molecule has 0 aromatic heterocycles. The second-order valence-electron chi connectivity index (χ2n) is 2.12. The minimum Gasteiger partial charge on any atom is -0.0712 e. The van der Waals surface area contributed by atoms with Gasteiger partial charge in [0.25, 0.3) is 0 Å². The van der Waals surface area contributed by atoms with Crippen LogP contribution in [0.3, 0.4) is 0 Å². The maximum absolute atomic E-state index is 5.35. The van der Waals surface area contributed by atoms with Crippen molar-refractivity contribution in [2.45, 2.75) is 20.3 Å². The van der Waals surface area contributed by atoms with Crippen LogP contribution in [0.1, 0.15) is 20.3 Å². The molecular formula is C6H10Cl2. The second-order valence-corrected chi connectivity index (χ2v) is 3.13. The summed E-state index contributed by atoms with van der Waals surface area (Å²) in [7, 11) is 0. The average Bonchev–Trinajstić information content (AvgIpc) is 1.61. The van der Waals surface area contributed by atoms with E-state index >= 15 is 0 Å². The van der Waals surface area contributed by atoms with Gasteiger partial charge in [-0.05, 0) is 12.3 Å². The summed E-state index contributed by atoms with van der Waals surface area (Å²) in [5.74, 6) is 0.641. The molecule has 0 nitrogen and oxygen atoms in total. The van der Waals surface area contributed by atoms with Gasteiger partial charge in [-0.25, -0.2) is 0 Å². The summed E-state index contributed by atoms with van der Waals surface area (Å²) in [4.78, 5) is 0. The van der Waals surface area contributed by atoms with E-state index in [2.05, 4.69) is 13.8 Å². The quantitative estimate of drug-likeness (QED) is 0.570. The molecule has 8 heavy (non-hydrogen) atoms. The van der Waals surface area contributed by atoms with Crippen molar-refractivity contribution in [3.8, 4) is 0 Å². The molecule has 0 rings (SSSR count). The molecule has 0 fully saturated rings. The summed E-state index contributed by atoms with van der Waals surface area (Å²) in [6.45, 7) is 4.24. The number of halogens is 2. The number of rotatable bonds is 2. The Labute approximate surface area is 60.5 Å². The highest BCUT2D eigenvalue weighted by Crippen LogP contribution is 2.10. The molecule has 0 aliphatic rings. The van der Waals surface area contributed by atoms with Crippen LogP contribution in [0.15, 0.2) is 10.6 Å². The van der Waals surface area contributed by atoms with Crippen LogP contribution in [-0.2, 0) is 0 Å². The second kappa shape index (κ2) is 4.22. The first-order chi connectivity index (χ1) is 3.63. The lowest BCUT2D eigenvalue weighted by atomic mass is 10.1. The molecule has 0 N–H and O–H groups in total. The van der Waals surface area contributed by atoms with Gasteiger partial charge in [-0.3, -0.25) is 0 Å². The molecule has 0 saturated heterocycles. The van der Waals surface area contributed by atoms with E-state index < -0.39 is 0 Å². The van der Waals surface area contributed by atoms with Crippen LogP contribution in [-0.4, -0.2) is 0 Å². The van der Waals surface area contributed by atoms with Crippen molar-refractivity contribution in [1.82, 2.24) is 0 Å². The average molecular weight is 153 g/mol. The van der Waals surface area contributed by atoms with Crippen LogP contribution in [0.2, 0.25) is 0 Å². The first-order valence-electron chi connectivity index (χ1n) is 2.64. The van der Waals surface area contributed by atoms with Gasteiger partial charge in [-0.2, -0.15) is 0 Å². The monoisotopic (exact) mass is 152 g/mol. The standard InChI is InChI=1S/C6H10Cl2/c1-5(2)3-4-6(7)8/h4-5H,3H2,1-2H3. The van der Waals surface area contributed by atoms with Crippen molar-refractivity contribution >= 4 is 23.2 Å². The van der Waals surface area contributed by atoms with Crippen molar-refractivity contribution in [3.63, 3.8) is 0 Å². The molecule has 0 aliphatic carbocycles. The van der Waals surface area contributed by atoms with Crippen LogP contribution >= 0.6 is 23.2 Å². The number of hydrogen-bond donors (Lipinski definition) is 0. The fraction of sp³-hybridized carbons (Fsp3) is 0.667. The molecule has 0 radical (unpaired) electrons. The van der Waals surface area contributed by atoms with Crippen molar-refractivity contribution in [2.75, 3.05) is 0 Å². The lowest BCUT2D eigenvalue weighted by Gasteiger charge is -1.94. The van der Waals surface area contributed by atoms with E-state index in [1.807, 2.05) is 6.08 Å². The van der Waals surface area contributed by atoms with E-state index in [9.17, 15) is 0 Å². The molecule has 2 heteroatoms. The summed E-state index contributed by atoms with van der Waals surface area (Å²) in [6, 6.07) is 0. The Morgan fingerprint density at radius 3 is 2.12 bits per heavy atom. The fourth-order valence-electron chi connectivity index (χ4n) is 0.325. The third kappa shape index (κ3) is 6.32. The van der Waals surface area contributed by atoms with Gasteiger partial charge in [0.1, 0.15) is 4.49 Å². The summed E-state index contributed by atoms with van der Waals surface area (Å²) >= 11 is 10.7. The number of hydrogen-bond acceptors (Lipinski definition) is 0. The largest absolute Gasteiger partial charge is 0.102 e. The van der Waals surface area contributed by atoms with Gasteiger partial charge in [0.05, 0.1) is 0 Å². The summed E-state index contributed by atoms with van der Waals surface area (Å²) in [5.41, 5.74) is 0. The Kier molecular flexibility index (Phi) is 4.39. The third-order valence-corrected chi connectivity index (χ3v) is 1.05. The molecule has 0 bridgehead atoms. The zero-order chi connectivity index (χ0) is 6.57. The van der Waals surface area contributed by atoms with Crippen LogP contribution in [0.5, 0.6) is 0 Å². The van der Waals surface area contributed by atoms with Crippen molar-refractivity contribution in [1.29, 1.82) is 0 Å². The van der Waals surface area contributed by atoms with E-state index in [0.29, 0.717) is 10.4 Å². The molecule has 0 saturated carbocycles. The Morgan fingerprint density at radius 1 is 1.50 bits per heavy atom.